The predicted octanol–water partition coefficient (Wildman–Crippen LogP) is 0.985. The van der Waals surface area contributed by atoms with Crippen LogP contribution in [0.15, 0.2) is 35.4 Å². The van der Waals surface area contributed by atoms with E-state index < -0.39 is 15.8 Å². The minimum atomic E-state index is -3.85. The zero-order chi connectivity index (χ0) is 14.8. The van der Waals surface area contributed by atoms with Gasteiger partial charge < -0.3 is 5.73 Å². The molecule has 6 nitrogen and oxygen atoms in total. The third-order valence-electron chi connectivity index (χ3n) is 2.48. The Labute approximate surface area is 115 Å². The lowest BCUT2D eigenvalue weighted by Crippen LogP contribution is -2.24. The van der Waals surface area contributed by atoms with E-state index in [-0.39, 0.29) is 17.1 Å². The summed E-state index contributed by atoms with van der Waals surface area (Å²) < 4.78 is 39.6. The van der Waals surface area contributed by atoms with Crippen LogP contribution in [0.1, 0.15) is 11.5 Å². The van der Waals surface area contributed by atoms with Gasteiger partial charge in [-0.3, -0.25) is 0 Å². The Morgan fingerprint density at radius 1 is 1.35 bits per heavy atom. The lowest BCUT2D eigenvalue weighted by molar-refractivity contribution is 0.576. The van der Waals surface area contributed by atoms with Gasteiger partial charge in [-0.15, -0.1) is 0 Å². The topological polar surface area (TPSA) is 98.0 Å². The van der Waals surface area contributed by atoms with Crippen LogP contribution in [-0.4, -0.2) is 18.4 Å². The Morgan fingerprint density at radius 2 is 2.10 bits per heavy atom. The molecule has 0 amide bonds. The number of aromatic nitrogens is 2. The van der Waals surface area contributed by atoms with Crippen LogP contribution in [0.25, 0.3) is 0 Å². The second-order valence-corrected chi connectivity index (χ2v) is 5.91. The number of nitrogens with two attached hydrogens (primary N) is 1. The Kier molecular flexibility index (Phi) is 3.96. The molecule has 106 valence electrons. The monoisotopic (exact) mass is 296 g/mol. The third kappa shape index (κ3) is 3.49. The molecule has 20 heavy (non-hydrogen) atoms. The normalized spacial score (nSPS) is 11.5. The number of hydrogen-bond donors (Lipinski definition) is 2. The van der Waals surface area contributed by atoms with Gasteiger partial charge in [0.05, 0.1) is 17.1 Å². The molecule has 0 spiro atoms. The zero-order valence-electron chi connectivity index (χ0n) is 10.7. The second kappa shape index (κ2) is 5.51. The van der Waals surface area contributed by atoms with Gasteiger partial charge in [0, 0.05) is 11.9 Å². The largest absolute Gasteiger partial charge is 0.399 e. The van der Waals surface area contributed by atoms with Crippen LogP contribution < -0.4 is 10.5 Å². The zero-order valence-corrected chi connectivity index (χ0v) is 11.5. The first-order valence-electron chi connectivity index (χ1n) is 5.71. The summed E-state index contributed by atoms with van der Waals surface area (Å²) in [5, 5.41) is 0. The summed E-state index contributed by atoms with van der Waals surface area (Å²) in [7, 11) is -3.85. The standard InChI is InChI=1S/C12H13FN4O2S/c1-8-15-3-2-11(17-8)7-16-20(18,19)12-5-9(13)4-10(14)6-12/h2-6,16H,7,14H2,1H3. The van der Waals surface area contributed by atoms with E-state index >= 15 is 0 Å². The first kappa shape index (κ1) is 14.4. The second-order valence-electron chi connectivity index (χ2n) is 4.14. The van der Waals surface area contributed by atoms with E-state index in [1.54, 1.807) is 13.0 Å². The van der Waals surface area contributed by atoms with Crippen molar-refractivity contribution in [1.29, 1.82) is 0 Å². The fraction of sp³-hybridized carbons (Fsp3) is 0.167. The van der Waals surface area contributed by atoms with Gasteiger partial charge in [-0.1, -0.05) is 0 Å². The molecule has 0 radical (unpaired) electrons. The first-order chi connectivity index (χ1) is 9.37. The van der Waals surface area contributed by atoms with Gasteiger partial charge in [0.15, 0.2) is 0 Å². The number of benzene rings is 1. The maximum Gasteiger partial charge on any atom is 0.241 e. The van der Waals surface area contributed by atoms with Crippen LogP contribution in [0.2, 0.25) is 0 Å². The Hall–Kier alpha value is -2.06. The van der Waals surface area contributed by atoms with E-state index in [9.17, 15) is 12.8 Å². The number of rotatable bonds is 4. The highest BCUT2D eigenvalue weighted by Gasteiger charge is 2.15. The van der Waals surface area contributed by atoms with E-state index in [0.29, 0.717) is 11.5 Å². The molecule has 0 saturated carbocycles. The molecule has 0 fully saturated rings. The van der Waals surface area contributed by atoms with Gasteiger partial charge in [-0.2, -0.15) is 0 Å². The Morgan fingerprint density at radius 3 is 2.75 bits per heavy atom. The molecule has 2 aromatic rings. The van der Waals surface area contributed by atoms with Crippen LogP contribution in [-0.2, 0) is 16.6 Å². The highest BCUT2D eigenvalue weighted by atomic mass is 32.2. The fourth-order valence-corrected chi connectivity index (χ4v) is 2.66. The SMILES string of the molecule is Cc1nccc(CNS(=O)(=O)c2cc(N)cc(F)c2)n1. The van der Waals surface area contributed by atoms with Gasteiger partial charge in [0.25, 0.3) is 0 Å². The van der Waals surface area contributed by atoms with Crippen molar-refractivity contribution in [2.45, 2.75) is 18.4 Å². The number of hydrogen-bond acceptors (Lipinski definition) is 5. The number of nitrogens with zero attached hydrogens (tertiary/aromatic N) is 2. The van der Waals surface area contributed by atoms with E-state index in [2.05, 4.69) is 14.7 Å². The molecule has 2 rings (SSSR count). The highest BCUT2D eigenvalue weighted by Crippen LogP contribution is 2.15. The van der Waals surface area contributed by atoms with Crippen LogP contribution in [0, 0.1) is 12.7 Å². The summed E-state index contributed by atoms with van der Waals surface area (Å²) in [5.41, 5.74) is 5.99. The van der Waals surface area contributed by atoms with E-state index in [1.165, 1.54) is 12.3 Å². The Balaban J connectivity index is 2.19. The van der Waals surface area contributed by atoms with Crippen LogP contribution >= 0.6 is 0 Å². The van der Waals surface area contributed by atoms with Crippen molar-refractivity contribution < 1.29 is 12.8 Å². The lowest BCUT2D eigenvalue weighted by Gasteiger charge is -2.07. The van der Waals surface area contributed by atoms with Gasteiger partial charge in [0.1, 0.15) is 11.6 Å². The minimum absolute atomic E-state index is 0.0118. The quantitative estimate of drug-likeness (QED) is 0.820. The van der Waals surface area contributed by atoms with Crippen LogP contribution in [0.4, 0.5) is 10.1 Å². The predicted molar refractivity (Wildman–Crippen MR) is 71.6 cm³/mol. The summed E-state index contributed by atoms with van der Waals surface area (Å²) in [6.45, 7) is 1.69. The number of nitrogens with one attached hydrogen (secondary N) is 1. The van der Waals surface area contributed by atoms with Crippen molar-refractivity contribution in [2.75, 3.05) is 5.73 Å². The van der Waals surface area contributed by atoms with Gasteiger partial charge in [-0.25, -0.2) is 27.5 Å². The van der Waals surface area contributed by atoms with Crippen molar-refractivity contribution in [1.82, 2.24) is 14.7 Å². The van der Waals surface area contributed by atoms with Crippen LogP contribution in [0.5, 0.6) is 0 Å². The van der Waals surface area contributed by atoms with Crippen LogP contribution in [0.3, 0.4) is 0 Å². The average molecular weight is 296 g/mol. The molecule has 3 N–H and O–H groups in total. The molecule has 0 atom stereocenters. The van der Waals surface area contributed by atoms with Gasteiger partial charge >= 0.3 is 0 Å². The highest BCUT2D eigenvalue weighted by molar-refractivity contribution is 7.89. The van der Waals surface area contributed by atoms with Gasteiger partial charge in [-0.05, 0) is 31.2 Å². The molecule has 0 unspecified atom stereocenters. The summed E-state index contributed by atoms with van der Waals surface area (Å²) >= 11 is 0. The number of nitrogen functional groups attached to an aromatic ring is 1. The van der Waals surface area contributed by atoms with E-state index in [0.717, 1.165) is 12.1 Å². The maximum atomic E-state index is 13.2. The van der Waals surface area contributed by atoms with Crippen molar-refractivity contribution in [3.8, 4) is 0 Å². The van der Waals surface area contributed by atoms with Gasteiger partial charge in [0.2, 0.25) is 10.0 Å². The molecule has 1 aromatic heterocycles. The summed E-state index contributed by atoms with van der Waals surface area (Å²) in [5.74, 6) is -0.167. The van der Waals surface area contributed by atoms with Crippen molar-refractivity contribution in [3.05, 3.63) is 47.8 Å². The molecule has 0 saturated heterocycles. The number of halogens is 1. The summed E-state index contributed by atoms with van der Waals surface area (Å²) in [4.78, 5) is 7.76. The molecule has 0 aliphatic rings. The molecule has 0 bridgehead atoms. The summed E-state index contributed by atoms with van der Waals surface area (Å²) in [6.07, 6.45) is 1.53. The van der Waals surface area contributed by atoms with Crippen molar-refractivity contribution in [2.24, 2.45) is 0 Å². The summed E-state index contributed by atoms with van der Waals surface area (Å²) in [6, 6.07) is 4.74. The maximum absolute atomic E-state index is 13.2. The van der Waals surface area contributed by atoms with Crippen molar-refractivity contribution >= 4 is 15.7 Å². The molecule has 8 heteroatoms. The first-order valence-corrected chi connectivity index (χ1v) is 7.19. The average Bonchev–Trinajstić information content (AvgIpc) is 2.35. The minimum Gasteiger partial charge on any atom is -0.399 e. The smallest absolute Gasteiger partial charge is 0.241 e. The molecule has 1 aromatic carbocycles. The molecule has 1 heterocycles. The number of aryl methyl sites for hydroxylation is 1. The number of anilines is 1. The van der Waals surface area contributed by atoms with E-state index in [4.69, 9.17) is 5.73 Å². The Bertz CT molecular complexity index is 714. The molecular formula is C12H13FN4O2S. The molecule has 0 aliphatic heterocycles. The number of sulfonamides is 1. The van der Waals surface area contributed by atoms with E-state index in [1.807, 2.05) is 0 Å². The molecule has 0 aliphatic carbocycles. The molecular weight excluding hydrogens is 283 g/mol. The fourth-order valence-electron chi connectivity index (χ4n) is 1.60. The third-order valence-corrected chi connectivity index (χ3v) is 3.86. The van der Waals surface area contributed by atoms with Crippen molar-refractivity contribution in [3.63, 3.8) is 0 Å². The lowest BCUT2D eigenvalue weighted by atomic mass is 10.3.